The summed E-state index contributed by atoms with van der Waals surface area (Å²) in [6, 6.07) is 22.9. The minimum Gasteiger partial charge on any atom is -0.331 e. The fourth-order valence-electron chi connectivity index (χ4n) is 4.38. The summed E-state index contributed by atoms with van der Waals surface area (Å²) in [5.74, 6) is -0.277. The molecule has 0 saturated carbocycles. The standard InChI is InChI=1S/C29H24FN5O2/c1-20-5-7-22(8-6-20)26-18-35(24-11-9-23(30)10-12-24)27(32-26)16-28(36)33-13-14-34(29(37)19-33)25-4-2-3-21(15-25)17-31/h2-12,15,18H,13-14,16,19H2,1H3. The van der Waals surface area contributed by atoms with E-state index in [9.17, 15) is 14.0 Å². The summed E-state index contributed by atoms with van der Waals surface area (Å²) in [5.41, 5.74) is 4.54. The van der Waals surface area contributed by atoms with Gasteiger partial charge in [-0.2, -0.15) is 5.26 Å². The van der Waals surface area contributed by atoms with Crippen LogP contribution in [0.15, 0.2) is 79.0 Å². The Bertz CT molecular complexity index is 1500. The predicted molar refractivity (Wildman–Crippen MR) is 137 cm³/mol. The number of aromatic nitrogens is 2. The summed E-state index contributed by atoms with van der Waals surface area (Å²) < 4.78 is 15.3. The number of halogens is 1. The van der Waals surface area contributed by atoms with E-state index in [1.54, 1.807) is 45.9 Å². The molecule has 7 nitrogen and oxygen atoms in total. The average molecular weight is 494 g/mol. The van der Waals surface area contributed by atoms with Crippen molar-refractivity contribution < 1.29 is 14.0 Å². The van der Waals surface area contributed by atoms with Crippen molar-refractivity contribution in [1.29, 1.82) is 5.26 Å². The van der Waals surface area contributed by atoms with E-state index in [-0.39, 0.29) is 30.6 Å². The highest BCUT2D eigenvalue weighted by molar-refractivity contribution is 5.98. The highest BCUT2D eigenvalue weighted by atomic mass is 19.1. The highest BCUT2D eigenvalue weighted by Crippen LogP contribution is 2.24. The number of aryl methyl sites for hydroxylation is 1. The molecule has 1 aromatic heterocycles. The highest BCUT2D eigenvalue weighted by Gasteiger charge is 2.29. The zero-order valence-electron chi connectivity index (χ0n) is 20.3. The molecule has 0 aliphatic carbocycles. The molecule has 4 aromatic rings. The van der Waals surface area contributed by atoms with Gasteiger partial charge in [-0.15, -0.1) is 0 Å². The molecule has 1 aliphatic heterocycles. The van der Waals surface area contributed by atoms with Gasteiger partial charge in [0.05, 0.1) is 23.7 Å². The van der Waals surface area contributed by atoms with E-state index in [2.05, 4.69) is 6.07 Å². The second kappa shape index (κ2) is 10.1. The van der Waals surface area contributed by atoms with Crippen LogP contribution in [0.4, 0.5) is 10.1 Å². The van der Waals surface area contributed by atoms with Gasteiger partial charge in [0.15, 0.2) is 0 Å². The molecule has 1 fully saturated rings. The number of hydrogen-bond acceptors (Lipinski definition) is 4. The van der Waals surface area contributed by atoms with Gasteiger partial charge in [0.1, 0.15) is 18.2 Å². The number of piperazine rings is 1. The quantitative estimate of drug-likeness (QED) is 0.416. The maximum Gasteiger partial charge on any atom is 0.246 e. The Balaban J connectivity index is 1.37. The zero-order chi connectivity index (χ0) is 25.9. The van der Waals surface area contributed by atoms with Crippen molar-refractivity contribution in [2.75, 3.05) is 24.5 Å². The lowest BCUT2D eigenvalue weighted by Gasteiger charge is -2.34. The Morgan fingerprint density at radius 2 is 1.78 bits per heavy atom. The molecule has 2 heterocycles. The van der Waals surface area contributed by atoms with E-state index in [0.29, 0.717) is 41.5 Å². The third-order valence-electron chi connectivity index (χ3n) is 6.40. The lowest BCUT2D eigenvalue weighted by molar-refractivity contribution is -0.136. The van der Waals surface area contributed by atoms with Crippen LogP contribution in [0.25, 0.3) is 16.9 Å². The van der Waals surface area contributed by atoms with Crippen molar-refractivity contribution in [3.05, 3.63) is 102 Å². The van der Waals surface area contributed by atoms with Crippen molar-refractivity contribution in [2.24, 2.45) is 0 Å². The van der Waals surface area contributed by atoms with Crippen molar-refractivity contribution in [2.45, 2.75) is 13.3 Å². The van der Waals surface area contributed by atoms with Crippen molar-refractivity contribution in [3.8, 4) is 23.0 Å². The summed E-state index contributed by atoms with van der Waals surface area (Å²) in [7, 11) is 0. The van der Waals surface area contributed by atoms with Crippen LogP contribution in [0.2, 0.25) is 0 Å². The molecule has 2 amide bonds. The summed E-state index contributed by atoms with van der Waals surface area (Å²) in [6.07, 6.45) is 1.83. The molecule has 1 aliphatic rings. The monoisotopic (exact) mass is 493 g/mol. The number of hydrogen-bond donors (Lipinski definition) is 0. The van der Waals surface area contributed by atoms with Crippen LogP contribution < -0.4 is 4.90 Å². The Hall–Kier alpha value is -4.77. The van der Waals surface area contributed by atoms with E-state index >= 15 is 0 Å². The minimum atomic E-state index is -0.350. The molecule has 37 heavy (non-hydrogen) atoms. The maximum atomic E-state index is 13.6. The number of rotatable bonds is 5. The van der Waals surface area contributed by atoms with Gasteiger partial charge in [0.25, 0.3) is 0 Å². The fraction of sp³-hybridized carbons (Fsp3) is 0.172. The molecule has 0 N–H and O–H groups in total. The molecule has 8 heteroatoms. The van der Waals surface area contributed by atoms with Gasteiger partial charge >= 0.3 is 0 Å². The SMILES string of the molecule is Cc1ccc(-c2cn(-c3ccc(F)cc3)c(CC(=O)N3CCN(c4cccc(C#N)c4)C(=O)C3)n2)cc1. The van der Waals surface area contributed by atoms with Crippen molar-refractivity contribution in [1.82, 2.24) is 14.5 Å². The topological polar surface area (TPSA) is 82.2 Å². The summed E-state index contributed by atoms with van der Waals surface area (Å²) in [4.78, 5) is 34.0. The Morgan fingerprint density at radius 3 is 2.49 bits per heavy atom. The molecular formula is C29H24FN5O2. The van der Waals surface area contributed by atoms with Crippen LogP contribution in [0, 0.1) is 24.1 Å². The number of nitrogens with zero attached hydrogens (tertiary/aromatic N) is 5. The maximum absolute atomic E-state index is 13.6. The molecular weight excluding hydrogens is 469 g/mol. The minimum absolute atomic E-state index is 0.0135. The summed E-state index contributed by atoms with van der Waals surface area (Å²) in [5, 5.41) is 9.15. The van der Waals surface area contributed by atoms with E-state index in [0.717, 1.165) is 11.1 Å². The number of nitriles is 1. The van der Waals surface area contributed by atoms with Crippen LogP contribution in [-0.2, 0) is 16.0 Å². The van der Waals surface area contributed by atoms with Crippen LogP contribution >= 0.6 is 0 Å². The van der Waals surface area contributed by atoms with Crippen molar-refractivity contribution >= 4 is 17.5 Å². The number of anilines is 1. The molecule has 0 atom stereocenters. The molecule has 5 rings (SSSR count). The Kier molecular flexibility index (Phi) is 6.52. The molecule has 3 aromatic carbocycles. The molecule has 0 spiro atoms. The lowest BCUT2D eigenvalue weighted by atomic mass is 10.1. The molecule has 184 valence electrons. The van der Waals surface area contributed by atoms with Crippen LogP contribution in [0.1, 0.15) is 17.0 Å². The summed E-state index contributed by atoms with van der Waals surface area (Å²) >= 11 is 0. The third kappa shape index (κ3) is 5.11. The van der Waals surface area contributed by atoms with Gasteiger partial charge in [0.2, 0.25) is 11.8 Å². The van der Waals surface area contributed by atoms with E-state index in [4.69, 9.17) is 10.2 Å². The molecule has 0 unspecified atom stereocenters. The third-order valence-corrected chi connectivity index (χ3v) is 6.40. The summed E-state index contributed by atoms with van der Waals surface area (Å²) in [6.45, 7) is 2.65. The van der Waals surface area contributed by atoms with Crippen LogP contribution in [0.5, 0.6) is 0 Å². The number of benzene rings is 3. The number of carbonyl (C=O) groups excluding carboxylic acids is 2. The predicted octanol–water partition coefficient (Wildman–Crippen LogP) is 4.28. The first kappa shape index (κ1) is 23.9. The Labute approximate surface area is 214 Å². The lowest BCUT2D eigenvalue weighted by Crippen LogP contribution is -2.52. The largest absolute Gasteiger partial charge is 0.331 e. The first-order chi connectivity index (χ1) is 17.9. The molecule has 0 radical (unpaired) electrons. The van der Waals surface area contributed by atoms with Gasteiger partial charge < -0.3 is 14.4 Å². The Morgan fingerprint density at radius 1 is 1.03 bits per heavy atom. The second-order valence-electron chi connectivity index (χ2n) is 8.95. The first-order valence-corrected chi connectivity index (χ1v) is 11.9. The number of carbonyl (C=O) groups is 2. The zero-order valence-corrected chi connectivity index (χ0v) is 20.3. The van der Waals surface area contributed by atoms with Gasteiger partial charge in [-0.1, -0.05) is 35.9 Å². The smallest absolute Gasteiger partial charge is 0.246 e. The van der Waals surface area contributed by atoms with Crippen LogP contribution in [0.3, 0.4) is 0 Å². The van der Waals surface area contributed by atoms with Crippen LogP contribution in [-0.4, -0.2) is 45.9 Å². The van der Waals surface area contributed by atoms with Gasteiger partial charge in [-0.05, 0) is 49.4 Å². The van der Waals surface area contributed by atoms with Gasteiger partial charge in [-0.3, -0.25) is 9.59 Å². The van der Waals surface area contributed by atoms with E-state index in [1.165, 1.54) is 17.0 Å². The second-order valence-corrected chi connectivity index (χ2v) is 8.95. The normalized spacial score (nSPS) is 13.5. The van der Waals surface area contributed by atoms with E-state index < -0.39 is 0 Å². The average Bonchev–Trinajstić information content (AvgIpc) is 3.33. The molecule has 0 bridgehead atoms. The van der Waals surface area contributed by atoms with Crippen molar-refractivity contribution in [3.63, 3.8) is 0 Å². The number of imidazole rings is 1. The molecule has 1 saturated heterocycles. The number of amides is 2. The van der Waals surface area contributed by atoms with Gasteiger partial charge in [-0.25, -0.2) is 9.37 Å². The fourth-order valence-corrected chi connectivity index (χ4v) is 4.38. The first-order valence-electron chi connectivity index (χ1n) is 11.9. The van der Waals surface area contributed by atoms with E-state index in [1.807, 2.05) is 37.4 Å². The van der Waals surface area contributed by atoms with Gasteiger partial charge in [0, 0.05) is 36.2 Å².